The number of Topliss-reactive ketones (excluding diaryl/α,β-unsaturated/α-hetero) is 1. The predicted molar refractivity (Wildman–Crippen MR) is 92.7 cm³/mol. The van der Waals surface area contributed by atoms with Crippen molar-refractivity contribution in [3.63, 3.8) is 0 Å². The fourth-order valence-electron chi connectivity index (χ4n) is 3.12. The molecule has 1 fully saturated rings. The molecule has 25 heavy (non-hydrogen) atoms. The van der Waals surface area contributed by atoms with Gasteiger partial charge in [-0.25, -0.2) is 4.79 Å². The van der Waals surface area contributed by atoms with Gasteiger partial charge in [0.1, 0.15) is 11.3 Å². The second kappa shape index (κ2) is 8.14. The molecule has 0 aliphatic heterocycles. The molecule has 0 radical (unpaired) electrons. The minimum Gasteiger partial charge on any atom is -0.497 e. The topological polar surface area (TPSA) is 92.7 Å². The number of amides is 1. The molecule has 136 valence electrons. The SMILES string of the molecule is COc1ccc(C(=O)CCC(=O)NC2(C(=O)O)CCC(C)CC2)cc1. The minimum atomic E-state index is -1.19. The van der Waals surface area contributed by atoms with E-state index in [0.717, 1.165) is 12.8 Å². The summed E-state index contributed by atoms with van der Waals surface area (Å²) in [4.78, 5) is 36.0. The molecule has 2 rings (SSSR count). The van der Waals surface area contributed by atoms with Crippen LogP contribution in [0.1, 0.15) is 55.8 Å². The molecule has 1 aromatic carbocycles. The molecule has 1 saturated carbocycles. The lowest BCUT2D eigenvalue weighted by atomic mass is 9.77. The van der Waals surface area contributed by atoms with Crippen LogP contribution in [0.5, 0.6) is 5.75 Å². The van der Waals surface area contributed by atoms with E-state index < -0.39 is 11.5 Å². The second-order valence-electron chi connectivity index (χ2n) is 6.77. The van der Waals surface area contributed by atoms with Crippen molar-refractivity contribution in [1.82, 2.24) is 5.32 Å². The van der Waals surface area contributed by atoms with E-state index in [1.165, 1.54) is 0 Å². The van der Waals surface area contributed by atoms with E-state index in [9.17, 15) is 19.5 Å². The third-order valence-corrected chi connectivity index (χ3v) is 4.91. The smallest absolute Gasteiger partial charge is 0.329 e. The molecule has 1 aromatic rings. The van der Waals surface area contributed by atoms with Gasteiger partial charge in [-0.1, -0.05) is 6.92 Å². The van der Waals surface area contributed by atoms with Gasteiger partial charge < -0.3 is 15.2 Å². The number of rotatable bonds is 7. The van der Waals surface area contributed by atoms with Gasteiger partial charge in [0, 0.05) is 18.4 Å². The summed E-state index contributed by atoms with van der Waals surface area (Å²) in [6.07, 6.45) is 2.44. The molecule has 6 nitrogen and oxygen atoms in total. The largest absolute Gasteiger partial charge is 0.497 e. The summed E-state index contributed by atoms with van der Waals surface area (Å²) in [5.41, 5.74) is -0.680. The minimum absolute atomic E-state index is 0.0184. The Bertz CT molecular complexity index is 630. The summed E-state index contributed by atoms with van der Waals surface area (Å²) < 4.78 is 5.04. The van der Waals surface area contributed by atoms with Gasteiger partial charge in [-0.3, -0.25) is 9.59 Å². The van der Waals surface area contributed by atoms with Crippen molar-refractivity contribution in [2.45, 2.75) is 51.0 Å². The van der Waals surface area contributed by atoms with Crippen molar-refractivity contribution < 1.29 is 24.2 Å². The normalized spacial score (nSPS) is 22.9. The van der Waals surface area contributed by atoms with E-state index in [1.807, 2.05) is 0 Å². The number of methoxy groups -OCH3 is 1. The fourth-order valence-corrected chi connectivity index (χ4v) is 3.12. The number of hydrogen-bond donors (Lipinski definition) is 2. The standard InChI is InChI=1S/C19H25NO5/c1-13-9-11-19(12-10-13,18(23)24)20-17(22)8-7-16(21)14-3-5-15(25-2)6-4-14/h3-6,13H,7-12H2,1-2H3,(H,20,22)(H,23,24). The van der Waals surface area contributed by atoms with Gasteiger partial charge in [0.2, 0.25) is 5.91 Å². The highest BCUT2D eigenvalue weighted by Crippen LogP contribution is 2.32. The van der Waals surface area contributed by atoms with Gasteiger partial charge in [-0.15, -0.1) is 0 Å². The van der Waals surface area contributed by atoms with Crippen molar-refractivity contribution in [2.75, 3.05) is 7.11 Å². The van der Waals surface area contributed by atoms with E-state index in [-0.39, 0.29) is 24.5 Å². The van der Waals surface area contributed by atoms with Crippen LogP contribution in [0.25, 0.3) is 0 Å². The van der Waals surface area contributed by atoms with Crippen molar-refractivity contribution in [3.8, 4) is 5.75 Å². The molecule has 0 saturated heterocycles. The number of nitrogens with one attached hydrogen (secondary N) is 1. The number of carboxylic acid groups (broad SMARTS) is 1. The highest BCUT2D eigenvalue weighted by molar-refractivity contribution is 5.98. The van der Waals surface area contributed by atoms with Crippen LogP contribution in [0.3, 0.4) is 0 Å². The molecule has 0 unspecified atom stereocenters. The Labute approximate surface area is 147 Å². The van der Waals surface area contributed by atoms with Crippen LogP contribution in [-0.4, -0.2) is 35.4 Å². The third kappa shape index (κ3) is 4.81. The molecule has 0 heterocycles. The number of aliphatic carboxylic acids is 1. The monoisotopic (exact) mass is 347 g/mol. The molecule has 0 aromatic heterocycles. The maximum absolute atomic E-state index is 12.2. The zero-order valence-electron chi connectivity index (χ0n) is 14.7. The maximum atomic E-state index is 12.2. The predicted octanol–water partition coefficient (Wildman–Crippen LogP) is 2.81. The van der Waals surface area contributed by atoms with Gasteiger partial charge in [0.05, 0.1) is 7.11 Å². The van der Waals surface area contributed by atoms with Crippen molar-refractivity contribution in [2.24, 2.45) is 5.92 Å². The Morgan fingerprint density at radius 2 is 1.76 bits per heavy atom. The Morgan fingerprint density at radius 3 is 2.28 bits per heavy atom. The zero-order chi connectivity index (χ0) is 18.4. The average Bonchev–Trinajstić information content (AvgIpc) is 2.61. The third-order valence-electron chi connectivity index (χ3n) is 4.91. The van der Waals surface area contributed by atoms with Crippen LogP contribution in [0, 0.1) is 5.92 Å². The van der Waals surface area contributed by atoms with Crippen LogP contribution in [0.4, 0.5) is 0 Å². The lowest BCUT2D eigenvalue weighted by molar-refractivity contribution is -0.149. The Hall–Kier alpha value is -2.37. The Balaban J connectivity index is 1.90. The summed E-state index contributed by atoms with van der Waals surface area (Å²) in [7, 11) is 1.55. The summed E-state index contributed by atoms with van der Waals surface area (Å²) >= 11 is 0. The maximum Gasteiger partial charge on any atom is 0.329 e. The highest BCUT2D eigenvalue weighted by atomic mass is 16.5. The summed E-state index contributed by atoms with van der Waals surface area (Å²) in [5, 5.41) is 12.2. The molecule has 1 amide bonds. The number of benzene rings is 1. The van der Waals surface area contributed by atoms with Crippen LogP contribution in [-0.2, 0) is 9.59 Å². The number of carboxylic acids is 1. The van der Waals surface area contributed by atoms with Crippen LogP contribution >= 0.6 is 0 Å². The van der Waals surface area contributed by atoms with Gasteiger partial charge >= 0.3 is 5.97 Å². The Kier molecular flexibility index (Phi) is 6.17. The van der Waals surface area contributed by atoms with E-state index in [1.54, 1.807) is 31.4 Å². The molecule has 0 spiro atoms. The first kappa shape index (κ1) is 19.0. The van der Waals surface area contributed by atoms with Crippen molar-refractivity contribution >= 4 is 17.7 Å². The van der Waals surface area contributed by atoms with Crippen molar-refractivity contribution in [1.29, 1.82) is 0 Å². The molecule has 6 heteroatoms. The zero-order valence-corrected chi connectivity index (χ0v) is 14.7. The number of hydrogen-bond acceptors (Lipinski definition) is 4. The van der Waals surface area contributed by atoms with Gasteiger partial charge in [0.25, 0.3) is 0 Å². The van der Waals surface area contributed by atoms with Crippen LogP contribution in [0.2, 0.25) is 0 Å². The molecule has 0 atom stereocenters. The highest BCUT2D eigenvalue weighted by Gasteiger charge is 2.42. The summed E-state index contributed by atoms with van der Waals surface area (Å²) in [6, 6.07) is 6.69. The first-order valence-electron chi connectivity index (χ1n) is 8.58. The van der Waals surface area contributed by atoms with E-state index in [2.05, 4.69) is 12.2 Å². The number of carbonyl (C=O) groups is 3. The molecule has 1 aliphatic rings. The van der Waals surface area contributed by atoms with Crippen LogP contribution < -0.4 is 10.1 Å². The summed E-state index contributed by atoms with van der Waals surface area (Å²) in [6.45, 7) is 2.08. The van der Waals surface area contributed by atoms with E-state index >= 15 is 0 Å². The van der Waals surface area contributed by atoms with Crippen LogP contribution in [0.15, 0.2) is 24.3 Å². The lowest BCUT2D eigenvalue weighted by Gasteiger charge is -2.36. The first-order chi connectivity index (χ1) is 11.9. The Morgan fingerprint density at radius 1 is 1.16 bits per heavy atom. The van der Waals surface area contributed by atoms with Gasteiger partial charge in [-0.05, 0) is 55.9 Å². The molecular weight excluding hydrogens is 322 g/mol. The number of carbonyl (C=O) groups excluding carboxylic acids is 2. The first-order valence-corrected chi connectivity index (χ1v) is 8.58. The van der Waals surface area contributed by atoms with E-state index in [0.29, 0.717) is 30.1 Å². The fraction of sp³-hybridized carbons (Fsp3) is 0.526. The van der Waals surface area contributed by atoms with Gasteiger partial charge in [-0.2, -0.15) is 0 Å². The quantitative estimate of drug-likeness (QED) is 0.740. The number of ether oxygens (including phenoxy) is 1. The van der Waals surface area contributed by atoms with E-state index in [4.69, 9.17) is 4.74 Å². The molecule has 0 bridgehead atoms. The van der Waals surface area contributed by atoms with Crippen molar-refractivity contribution in [3.05, 3.63) is 29.8 Å². The lowest BCUT2D eigenvalue weighted by Crippen LogP contribution is -2.56. The molecular formula is C19H25NO5. The molecule has 1 aliphatic carbocycles. The van der Waals surface area contributed by atoms with Gasteiger partial charge in [0.15, 0.2) is 5.78 Å². The number of ketones is 1. The summed E-state index contributed by atoms with van der Waals surface area (Å²) in [5.74, 6) is -0.405. The average molecular weight is 347 g/mol. The molecule has 2 N–H and O–H groups in total. The second-order valence-corrected chi connectivity index (χ2v) is 6.77.